The standard InChI is InChI=1S/C24H33N5O2/c30-23(28-12-4-5-13-28)20-27-14-16-29(17-15-27)24(25-11-10-22-9-6-18-31-22)26-19-21-7-2-1-3-8-21/h1-3,6-9,18H,4-5,10-17,19-20H2,(H,25,26). The first-order valence-corrected chi connectivity index (χ1v) is 11.4. The van der Waals surface area contributed by atoms with Crippen molar-refractivity contribution < 1.29 is 9.21 Å². The lowest BCUT2D eigenvalue weighted by Gasteiger charge is -2.36. The Morgan fingerprint density at radius 2 is 1.71 bits per heavy atom. The van der Waals surface area contributed by atoms with Gasteiger partial charge in [-0.2, -0.15) is 0 Å². The first kappa shape index (κ1) is 21.4. The van der Waals surface area contributed by atoms with Crippen molar-refractivity contribution in [3.8, 4) is 0 Å². The molecule has 4 rings (SSSR count). The van der Waals surface area contributed by atoms with E-state index in [0.29, 0.717) is 13.1 Å². The molecule has 1 aromatic heterocycles. The number of hydrogen-bond donors (Lipinski definition) is 1. The number of amides is 1. The van der Waals surface area contributed by atoms with Gasteiger partial charge in [-0.1, -0.05) is 30.3 Å². The van der Waals surface area contributed by atoms with Gasteiger partial charge in [0.1, 0.15) is 5.76 Å². The van der Waals surface area contributed by atoms with Crippen molar-refractivity contribution in [1.82, 2.24) is 20.0 Å². The molecule has 0 bridgehead atoms. The van der Waals surface area contributed by atoms with Gasteiger partial charge in [0.25, 0.3) is 0 Å². The highest BCUT2D eigenvalue weighted by molar-refractivity contribution is 5.80. The number of furan rings is 1. The normalized spacial score (nSPS) is 17.9. The van der Waals surface area contributed by atoms with Gasteiger partial charge in [-0.3, -0.25) is 9.69 Å². The second-order valence-electron chi connectivity index (χ2n) is 8.23. The summed E-state index contributed by atoms with van der Waals surface area (Å²) in [6, 6.07) is 14.2. The zero-order chi connectivity index (χ0) is 21.3. The maximum absolute atomic E-state index is 12.5. The zero-order valence-electron chi connectivity index (χ0n) is 18.2. The molecule has 1 N–H and O–H groups in total. The number of hydrogen-bond acceptors (Lipinski definition) is 4. The van der Waals surface area contributed by atoms with Crippen LogP contribution in [0.1, 0.15) is 24.2 Å². The van der Waals surface area contributed by atoms with Gasteiger partial charge in [0.05, 0.1) is 19.4 Å². The van der Waals surface area contributed by atoms with Crippen LogP contribution in [0.25, 0.3) is 0 Å². The topological polar surface area (TPSA) is 64.3 Å². The highest BCUT2D eigenvalue weighted by atomic mass is 16.3. The first-order chi connectivity index (χ1) is 15.3. The molecule has 0 saturated carbocycles. The summed E-state index contributed by atoms with van der Waals surface area (Å²) in [4.78, 5) is 23.9. The van der Waals surface area contributed by atoms with Crippen molar-refractivity contribution in [2.24, 2.45) is 4.99 Å². The Hall–Kier alpha value is -2.80. The van der Waals surface area contributed by atoms with Crippen LogP contribution in [-0.2, 0) is 17.8 Å². The van der Waals surface area contributed by atoms with E-state index < -0.39 is 0 Å². The van der Waals surface area contributed by atoms with Gasteiger partial charge < -0.3 is 19.5 Å². The summed E-state index contributed by atoms with van der Waals surface area (Å²) >= 11 is 0. The third kappa shape index (κ3) is 6.34. The van der Waals surface area contributed by atoms with E-state index in [4.69, 9.17) is 9.41 Å². The Bertz CT molecular complexity index is 823. The maximum Gasteiger partial charge on any atom is 0.236 e. The van der Waals surface area contributed by atoms with Gasteiger partial charge in [-0.05, 0) is 30.5 Å². The lowest BCUT2D eigenvalue weighted by Crippen LogP contribution is -2.54. The van der Waals surface area contributed by atoms with E-state index in [-0.39, 0.29) is 5.91 Å². The van der Waals surface area contributed by atoms with Crippen molar-refractivity contribution in [3.05, 3.63) is 60.1 Å². The number of piperazine rings is 1. The van der Waals surface area contributed by atoms with Crippen LogP contribution in [0.2, 0.25) is 0 Å². The molecule has 2 aliphatic rings. The zero-order valence-corrected chi connectivity index (χ0v) is 18.2. The number of nitrogens with one attached hydrogen (secondary N) is 1. The minimum atomic E-state index is 0.278. The summed E-state index contributed by atoms with van der Waals surface area (Å²) in [5, 5.41) is 3.52. The summed E-state index contributed by atoms with van der Waals surface area (Å²) in [6.07, 6.45) is 4.82. The molecular weight excluding hydrogens is 390 g/mol. The molecule has 31 heavy (non-hydrogen) atoms. The predicted octanol–water partition coefficient (Wildman–Crippen LogP) is 2.21. The summed E-state index contributed by atoms with van der Waals surface area (Å²) < 4.78 is 5.45. The van der Waals surface area contributed by atoms with Gasteiger partial charge in [-0.25, -0.2) is 4.99 Å². The molecule has 0 radical (unpaired) electrons. The van der Waals surface area contributed by atoms with Gasteiger partial charge in [0.15, 0.2) is 5.96 Å². The van der Waals surface area contributed by atoms with Crippen LogP contribution in [0.5, 0.6) is 0 Å². The molecular formula is C24H33N5O2. The average molecular weight is 424 g/mol. The van der Waals surface area contributed by atoms with E-state index in [1.54, 1.807) is 6.26 Å². The third-order valence-electron chi connectivity index (χ3n) is 5.98. The molecule has 7 heteroatoms. The van der Waals surface area contributed by atoms with E-state index >= 15 is 0 Å². The molecule has 0 atom stereocenters. The van der Waals surface area contributed by atoms with Gasteiger partial charge in [-0.15, -0.1) is 0 Å². The van der Waals surface area contributed by atoms with Crippen molar-refractivity contribution in [3.63, 3.8) is 0 Å². The quantitative estimate of drug-likeness (QED) is 0.546. The summed E-state index contributed by atoms with van der Waals surface area (Å²) in [5.74, 6) is 2.18. The molecule has 0 spiro atoms. The van der Waals surface area contributed by atoms with Crippen LogP contribution in [0.4, 0.5) is 0 Å². The summed E-state index contributed by atoms with van der Waals surface area (Å²) in [7, 11) is 0. The lowest BCUT2D eigenvalue weighted by molar-refractivity contribution is -0.131. The highest BCUT2D eigenvalue weighted by Gasteiger charge is 2.24. The Kier molecular flexibility index (Phi) is 7.60. The number of likely N-dealkylation sites (tertiary alicyclic amines) is 1. The Morgan fingerprint density at radius 1 is 0.935 bits per heavy atom. The molecule has 1 amide bonds. The summed E-state index contributed by atoms with van der Waals surface area (Å²) in [6.45, 7) is 7.31. The highest BCUT2D eigenvalue weighted by Crippen LogP contribution is 2.10. The molecule has 3 heterocycles. The molecule has 1 aromatic carbocycles. The van der Waals surface area contributed by atoms with Crippen LogP contribution < -0.4 is 5.32 Å². The van der Waals surface area contributed by atoms with Crippen molar-refractivity contribution in [1.29, 1.82) is 0 Å². The molecule has 2 aromatic rings. The number of rotatable bonds is 7. The van der Waals surface area contributed by atoms with E-state index in [9.17, 15) is 4.79 Å². The van der Waals surface area contributed by atoms with Crippen LogP contribution in [0, 0.1) is 0 Å². The molecule has 2 fully saturated rings. The number of nitrogens with zero attached hydrogens (tertiary/aromatic N) is 4. The number of guanidine groups is 1. The largest absolute Gasteiger partial charge is 0.469 e. The lowest BCUT2D eigenvalue weighted by atomic mass is 10.2. The fraction of sp³-hybridized carbons (Fsp3) is 0.500. The second-order valence-corrected chi connectivity index (χ2v) is 8.23. The fourth-order valence-electron chi connectivity index (χ4n) is 4.15. The average Bonchev–Trinajstić information content (AvgIpc) is 3.52. The summed E-state index contributed by atoms with van der Waals surface area (Å²) in [5.41, 5.74) is 1.20. The minimum absolute atomic E-state index is 0.278. The van der Waals surface area contributed by atoms with Gasteiger partial charge in [0, 0.05) is 52.2 Å². The number of aliphatic imine (C=N–C) groups is 1. The molecule has 0 unspecified atom stereocenters. The number of carbonyl (C=O) groups is 1. The van der Waals surface area contributed by atoms with E-state index in [1.807, 2.05) is 35.2 Å². The van der Waals surface area contributed by atoms with Crippen molar-refractivity contribution in [2.75, 3.05) is 52.4 Å². The van der Waals surface area contributed by atoms with E-state index in [1.165, 1.54) is 5.56 Å². The SMILES string of the molecule is O=C(CN1CCN(C(=NCc2ccccc2)NCCc2ccco2)CC1)N1CCCC1. The molecule has 2 aliphatic heterocycles. The molecule has 2 saturated heterocycles. The first-order valence-electron chi connectivity index (χ1n) is 11.4. The Labute approximate surface area is 184 Å². The molecule has 0 aliphatic carbocycles. The number of carbonyl (C=O) groups excluding carboxylic acids is 1. The predicted molar refractivity (Wildman–Crippen MR) is 122 cm³/mol. The van der Waals surface area contributed by atoms with Crippen molar-refractivity contribution >= 4 is 11.9 Å². The van der Waals surface area contributed by atoms with Crippen LogP contribution in [-0.4, -0.2) is 78.9 Å². The minimum Gasteiger partial charge on any atom is -0.469 e. The van der Waals surface area contributed by atoms with Crippen LogP contribution in [0.15, 0.2) is 58.1 Å². The Balaban J connectivity index is 1.31. The molecule has 7 nitrogen and oxygen atoms in total. The second kappa shape index (κ2) is 11.0. The Morgan fingerprint density at radius 3 is 2.42 bits per heavy atom. The van der Waals surface area contributed by atoms with E-state index in [2.05, 4.69) is 27.2 Å². The molecule has 166 valence electrons. The van der Waals surface area contributed by atoms with Gasteiger partial charge in [0.2, 0.25) is 5.91 Å². The third-order valence-corrected chi connectivity index (χ3v) is 5.98. The van der Waals surface area contributed by atoms with Crippen LogP contribution >= 0.6 is 0 Å². The maximum atomic E-state index is 12.5. The van der Waals surface area contributed by atoms with Crippen LogP contribution in [0.3, 0.4) is 0 Å². The fourth-order valence-corrected chi connectivity index (χ4v) is 4.15. The van der Waals surface area contributed by atoms with Gasteiger partial charge >= 0.3 is 0 Å². The van der Waals surface area contributed by atoms with E-state index in [0.717, 1.165) is 76.8 Å². The number of benzene rings is 1. The monoisotopic (exact) mass is 423 g/mol. The van der Waals surface area contributed by atoms with Crippen molar-refractivity contribution in [2.45, 2.75) is 25.8 Å². The smallest absolute Gasteiger partial charge is 0.236 e.